The standard InChI is InChI=1S/C18H29ClN8S/c1-10-5-14(28-26-10)24-17-18-23-9-13(12(6-20)7-21)27(18)16(19)15(25-17)11-3-2-4-22-8-11/h5-6,11-13,17-18,20,22-25H,2-4,7-9,21H2,1H3. The number of halogens is 1. The number of aromatic nitrogens is 1. The molecule has 8 nitrogen and oxygen atoms in total. The molecule has 0 bridgehead atoms. The van der Waals surface area contributed by atoms with Gasteiger partial charge in [0.15, 0.2) is 0 Å². The van der Waals surface area contributed by atoms with Crippen LogP contribution in [0.1, 0.15) is 18.5 Å². The molecule has 5 atom stereocenters. The van der Waals surface area contributed by atoms with Crippen molar-refractivity contribution in [3.63, 3.8) is 0 Å². The van der Waals surface area contributed by atoms with Gasteiger partial charge < -0.3 is 32.0 Å². The van der Waals surface area contributed by atoms with E-state index in [4.69, 9.17) is 22.7 Å². The zero-order valence-electron chi connectivity index (χ0n) is 16.0. The minimum Gasteiger partial charge on any atom is -0.363 e. The van der Waals surface area contributed by atoms with E-state index in [9.17, 15) is 0 Å². The number of fused-ring (bicyclic) bond motifs is 1. The van der Waals surface area contributed by atoms with Gasteiger partial charge in [-0.2, -0.15) is 4.37 Å². The van der Waals surface area contributed by atoms with Crippen molar-refractivity contribution >= 4 is 34.3 Å². The smallest absolute Gasteiger partial charge is 0.132 e. The maximum atomic E-state index is 7.81. The molecule has 3 aliphatic rings. The van der Waals surface area contributed by atoms with Crippen molar-refractivity contribution in [3.05, 3.63) is 22.6 Å². The highest BCUT2D eigenvalue weighted by atomic mass is 35.5. The van der Waals surface area contributed by atoms with Crippen molar-refractivity contribution in [1.82, 2.24) is 25.2 Å². The highest BCUT2D eigenvalue weighted by Crippen LogP contribution is 2.36. The summed E-state index contributed by atoms with van der Waals surface area (Å²) in [5, 5.41) is 23.9. The van der Waals surface area contributed by atoms with Crippen molar-refractivity contribution in [2.24, 2.45) is 17.6 Å². The van der Waals surface area contributed by atoms with Gasteiger partial charge in [-0.3, -0.25) is 5.32 Å². The SMILES string of the molecule is Cc1cc(NC2NC(C3CCCNC3)=C(Cl)N3C(C(C=N)CN)CNC23)sn1. The molecule has 0 saturated carbocycles. The van der Waals surface area contributed by atoms with E-state index in [0.717, 1.165) is 54.0 Å². The molecule has 154 valence electrons. The lowest BCUT2D eigenvalue weighted by atomic mass is 9.94. The first-order valence-corrected chi connectivity index (χ1v) is 11.1. The van der Waals surface area contributed by atoms with Crippen LogP contribution in [0, 0.1) is 24.2 Å². The molecular formula is C18H29ClN8S. The van der Waals surface area contributed by atoms with Gasteiger partial charge in [-0.15, -0.1) is 0 Å². The Bertz CT molecular complexity index is 731. The highest BCUT2D eigenvalue weighted by molar-refractivity contribution is 7.10. The molecule has 2 saturated heterocycles. The maximum Gasteiger partial charge on any atom is 0.132 e. The first-order chi connectivity index (χ1) is 13.6. The van der Waals surface area contributed by atoms with E-state index in [0.29, 0.717) is 12.5 Å². The van der Waals surface area contributed by atoms with Gasteiger partial charge in [0, 0.05) is 37.7 Å². The van der Waals surface area contributed by atoms with Gasteiger partial charge in [0.05, 0.1) is 17.4 Å². The van der Waals surface area contributed by atoms with Crippen LogP contribution in [0.3, 0.4) is 0 Å². The molecule has 0 radical (unpaired) electrons. The third-order valence-electron chi connectivity index (χ3n) is 5.88. The lowest BCUT2D eigenvalue weighted by Crippen LogP contribution is -2.61. The van der Waals surface area contributed by atoms with E-state index >= 15 is 0 Å². The summed E-state index contributed by atoms with van der Waals surface area (Å²) in [4.78, 5) is 2.23. The summed E-state index contributed by atoms with van der Waals surface area (Å²) < 4.78 is 4.38. The molecule has 0 aliphatic carbocycles. The van der Waals surface area contributed by atoms with Crippen molar-refractivity contribution < 1.29 is 0 Å². The molecule has 10 heteroatoms. The van der Waals surface area contributed by atoms with E-state index in [1.807, 2.05) is 6.92 Å². The highest BCUT2D eigenvalue weighted by Gasteiger charge is 2.46. The van der Waals surface area contributed by atoms with Crippen LogP contribution in [0.2, 0.25) is 0 Å². The Labute approximate surface area is 174 Å². The zero-order valence-corrected chi connectivity index (χ0v) is 17.6. The lowest BCUT2D eigenvalue weighted by Gasteiger charge is -2.45. The van der Waals surface area contributed by atoms with E-state index < -0.39 is 0 Å². The number of nitrogens with zero attached hydrogens (tertiary/aromatic N) is 2. The van der Waals surface area contributed by atoms with Gasteiger partial charge in [-0.05, 0) is 43.9 Å². The third-order valence-corrected chi connectivity index (χ3v) is 7.09. The van der Waals surface area contributed by atoms with Gasteiger partial charge in [-0.1, -0.05) is 11.6 Å². The number of nitrogens with one attached hydrogen (secondary N) is 5. The Kier molecular flexibility index (Phi) is 6.07. The summed E-state index contributed by atoms with van der Waals surface area (Å²) in [6, 6.07) is 2.13. The molecule has 1 aromatic rings. The number of aryl methyl sites for hydroxylation is 1. The summed E-state index contributed by atoms with van der Waals surface area (Å²) in [7, 11) is 0. The minimum absolute atomic E-state index is 0.0193. The second kappa shape index (κ2) is 8.54. The minimum atomic E-state index is -0.0477. The largest absolute Gasteiger partial charge is 0.363 e. The second-order valence-corrected chi connectivity index (χ2v) is 8.90. The van der Waals surface area contributed by atoms with Crippen LogP contribution in [0.4, 0.5) is 5.00 Å². The van der Waals surface area contributed by atoms with E-state index in [-0.39, 0.29) is 24.3 Å². The summed E-state index contributed by atoms with van der Waals surface area (Å²) in [6.45, 7) is 5.16. The number of rotatable bonds is 6. The fourth-order valence-electron chi connectivity index (χ4n) is 4.41. The van der Waals surface area contributed by atoms with Gasteiger partial charge in [0.1, 0.15) is 22.5 Å². The van der Waals surface area contributed by atoms with Crippen LogP contribution in [-0.4, -0.2) is 60.0 Å². The monoisotopic (exact) mass is 424 g/mol. The van der Waals surface area contributed by atoms with Crippen LogP contribution in [-0.2, 0) is 0 Å². The number of hydrogen-bond acceptors (Lipinski definition) is 9. The fourth-order valence-corrected chi connectivity index (χ4v) is 5.55. The molecule has 3 aliphatic heterocycles. The summed E-state index contributed by atoms with van der Waals surface area (Å²) in [6.07, 6.45) is 3.64. The van der Waals surface area contributed by atoms with Gasteiger partial charge in [-0.25, -0.2) is 0 Å². The molecule has 1 aromatic heterocycles. The average molecular weight is 425 g/mol. The third kappa shape index (κ3) is 3.73. The predicted octanol–water partition coefficient (Wildman–Crippen LogP) is 1.02. The van der Waals surface area contributed by atoms with E-state index in [1.165, 1.54) is 17.7 Å². The van der Waals surface area contributed by atoms with Crippen LogP contribution in [0.5, 0.6) is 0 Å². The van der Waals surface area contributed by atoms with E-state index in [1.54, 1.807) is 0 Å². The number of nitrogens with two attached hydrogens (primary N) is 1. The van der Waals surface area contributed by atoms with Crippen LogP contribution >= 0.6 is 23.1 Å². The molecular weight excluding hydrogens is 396 g/mol. The van der Waals surface area contributed by atoms with Crippen molar-refractivity contribution in [1.29, 1.82) is 5.41 Å². The normalized spacial score (nSPS) is 31.3. The Morgan fingerprint density at radius 2 is 2.39 bits per heavy atom. The topological polar surface area (TPSA) is 114 Å². The number of hydrogen-bond donors (Lipinski definition) is 6. The number of piperidine rings is 1. The second-order valence-electron chi connectivity index (χ2n) is 7.74. The van der Waals surface area contributed by atoms with Crippen LogP contribution in [0.25, 0.3) is 0 Å². The van der Waals surface area contributed by atoms with Crippen LogP contribution < -0.4 is 27.0 Å². The molecule has 7 N–H and O–H groups in total. The molecule has 0 amide bonds. The number of anilines is 1. The summed E-state index contributed by atoms with van der Waals surface area (Å²) in [5.74, 6) is 0.314. The Morgan fingerprint density at radius 1 is 1.54 bits per heavy atom. The Morgan fingerprint density at radius 3 is 3.04 bits per heavy atom. The quantitative estimate of drug-likeness (QED) is 0.298. The fraction of sp³-hybridized carbons (Fsp3) is 0.667. The van der Waals surface area contributed by atoms with Gasteiger partial charge >= 0.3 is 0 Å². The Balaban J connectivity index is 1.65. The lowest BCUT2D eigenvalue weighted by molar-refractivity contribution is 0.177. The molecule has 5 unspecified atom stereocenters. The maximum absolute atomic E-state index is 7.81. The van der Waals surface area contributed by atoms with Crippen molar-refractivity contribution in [2.75, 3.05) is 31.5 Å². The summed E-state index contributed by atoms with van der Waals surface area (Å²) >= 11 is 8.43. The van der Waals surface area contributed by atoms with Crippen LogP contribution in [0.15, 0.2) is 16.9 Å². The molecule has 2 fully saturated rings. The summed E-state index contributed by atoms with van der Waals surface area (Å²) in [5.41, 5.74) is 8.05. The van der Waals surface area contributed by atoms with Crippen molar-refractivity contribution in [2.45, 2.75) is 38.1 Å². The van der Waals surface area contributed by atoms with E-state index in [2.05, 4.69) is 36.6 Å². The zero-order chi connectivity index (χ0) is 19.7. The molecule has 4 heterocycles. The van der Waals surface area contributed by atoms with Gasteiger partial charge in [0.25, 0.3) is 0 Å². The van der Waals surface area contributed by atoms with Gasteiger partial charge in [0.2, 0.25) is 0 Å². The molecule has 0 spiro atoms. The Hall–Kier alpha value is -1.39. The molecule has 28 heavy (non-hydrogen) atoms. The molecule has 0 aromatic carbocycles. The predicted molar refractivity (Wildman–Crippen MR) is 115 cm³/mol. The molecule has 4 rings (SSSR count). The van der Waals surface area contributed by atoms with Crippen molar-refractivity contribution in [3.8, 4) is 0 Å². The first-order valence-electron chi connectivity index (χ1n) is 9.91. The average Bonchev–Trinajstić information content (AvgIpc) is 3.33. The first kappa shape index (κ1) is 19.9.